The summed E-state index contributed by atoms with van der Waals surface area (Å²) >= 11 is 0. The molecular formula is C8H19BrN2O2. The molecule has 5 heteroatoms. The number of rotatable bonds is 3. The lowest BCUT2D eigenvalue weighted by Crippen LogP contribution is -3.00. The Balaban J connectivity index is -0.000000150. The number of carbonyl (C=O) groups excluding carboxylic acids is 1. The van der Waals surface area contributed by atoms with E-state index in [4.69, 9.17) is 5.11 Å². The average molecular weight is 255 g/mol. The number of carbonyl (C=O) groups is 1. The molecule has 0 saturated carbocycles. The van der Waals surface area contributed by atoms with Crippen LogP contribution in [0.3, 0.4) is 0 Å². The molecule has 0 bridgehead atoms. The van der Waals surface area contributed by atoms with Crippen LogP contribution in [-0.4, -0.2) is 49.8 Å². The first kappa shape index (κ1) is 18.4. The fourth-order valence-electron chi connectivity index (χ4n) is 0.300. The maximum absolute atomic E-state index is 9.47. The van der Waals surface area contributed by atoms with Gasteiger partial charge in [-0.15, -0.1) is 0 Å². The van der Waals surface area contributed by atoms with Crippen molar-refractivity contribution in [2.75, 3.05) is 34.3 Å². The Hall–Kier alpha value is -0.390. The predicted octanol–water partition coefficient (Wildman–Crippen LogP) is -3.65. The average Bonchev–Trinajstić information content (AvgIpc) is 1.86. The van der Waals surface area contributed by atoms with Crippen molar-refractivity contribution in [3.63, 3.8) is 0 Å². The van der Waals surface area contributed by atoms with Gasteiger partial charge in [0.05, 0.1) is 27.7 Å². The summed E-state index contributed by atoms with van der Waals surface area (Å²) in [5.74, 6) is -0.481. The van der Waals surface area contributed by atoms with E-state index in [2.05, 4.69) is 33.5 Å². The highest BCUT2D eigenvalue weighted by atomic mass is 79.9. The number of nitrogens with two attached hydrogens (primary N) is 1. The standard InChI is InChI=1S/C5H14NO.C3H5NO.BrH/c1-6(2,3)4-5-7;1-2-3(4)5;/h7H,4-5H2,1-3H3;2H,1H2,(H2,4,5);1H/q+1;;/p-1. The summed E-state index contributed by atoms with van der Waals surface area (Å²) < 4.78 is 0.844. The second-order valence-corrected chi connectivity index (χ2v) is 3.34. The number of hydrogen-bond acceptors (Lipinski definition) is 2. The highest BCUT2D eigenvalue weighted by Gasteiger charge is 2.02. The number of aliphatic hydroxyl groups is 1. The molecule has 4 nitrogen and oxygen atoms in total. The van der Waals surface area contributed by atoms with E-state index in [0.717, 1.165) is 17.1 Å². The molecule has 0 unspecified atom stereocenters. The lowest BCUT2D eigenvalue weighted by atomic mass is 10.5. The van der Waals surface area contributed by atoms with E-state index in [-0.39, 0.29) is 23.6 Å². The van der Waals surface area contributed by atoms with Crippen LogP contribution >= 0.6 is 0 Å². The van der Waals surface area contributed by atoms with Crippen LogP contribution in [0.2, 0.25) is 0 Å². The van der Waals surface area contributed by atoms with Crippen molar-refractivity contribution in [2.45, 2.75) is 0 Å². The van der Waals surface area contributed by atoms with Crippen LogP contribution in [0.4, 0.5) is 0 Å². The topological polar surface area (TPSA) is 63.3 Å². The first-order valence-corrected chi connectivity index (χ1v) is 3.66. The molecule has 1 amide bonds. The Bertz CT molecular complexity index is 144. The lowest BCUT2D eigenvalue weighted by molar-refractivity contribution is -0.870. The van der Waals surface area contributed by atoms with Crippen molar-refractivity contribution >= 4 is 5.91 Å². The van der Waals surface area contributed by atoms with E-state index in [0.29, 0.717) is 0 Å². The molecule has 13 heavy (non-hydrogen) atoms. The second kappa shape index (κ2) is 9.70. The number of quaternary nitrogens is 1. The molecule has 0 atom stereocenters. The van der Waals surface area contributed by atoms with Crippen molar-refractivity contribution in [3.8, 4) is 0 Å². The maximum atomic E-state index is 9.47. The van der Waals surface area contributed by atoms with Crippen molar-refractivity contribution in [3.05, 3.63) is 12.7 Å². The molecule has 0 saturated heterocycles. The Morgan fingerprint density at radius 1 is 1.54 bits per heavy atom. The Morgan fingerprint density at radius 3 is 1.85 bits per heavy atom. The number of amides is 1. The number of primary amides is 1. The van der Waals surface area contributed by atoms with Gasteiger partial charge in [0.15, 0.2) is 0 Å². The van der Waals surface area contributed by atoms with Crippen LogP contribution in [0.25, 0.3) is 0 Å². The summed E-state index contributed by atoms with van der Waals surface area (Å²) in [6.07, 6.45) is 1.06. The lowest BCUT2D eigenvalue weighted by Gasteiger charge is -2.21. The molecule has 80 valence electrons. The van der Waals surface area contributed by atoms with Gasteiger partial charge in [-0.2, -0.15) is 0 Å². The van der Waals surface area contributed by atoms with Gasteiger partial charge in [0, 0.05) is 0 Å². The van der Waals surface area contributed by atoms with E-state index in [1.807, 2.05) is 0 Å². The molecule has 3 N–H and O–H groups in total. The fourth-order valence-corrected chi connectivity index (χ4v) is 0.300. The summed E-state index contributed by atoms with van der Waals surface area (Å²) in [6.45, 7) is 4.20. The first-order chi connectivity index (χ1) is 5.33. The zero-order valence-corrected chi connectivity index (χ0v) is 10.0. The van der Waals surface area contributed by atoms with E-state index in [1.165, 1.54) is 0 Å². The third kappa shape index (κ3) is 34.1. The minimum Gasteiger partial charge on any atom is -1.00 e. The van der Waals surface area contributed by atoms with Crippen LogP contribution in [0.1, 0.15) is 0 Å². The predicted molar refractivity (Wildman–Crippen MR) is 49.4 cm³/mol. The molecular weight excluding hydrogens is 236 g/mol. The van der Waals surface area contributed by atoms with E-state index in [1.54, 1.807) is 0 Å². The van der Waals surface area contributed by atoms with E-state index >= 15 is 0 Å². The molecule has 0 aromatic heterocycles. The fraction of sp³-hybridized carbons (Fsp3) is 0.625. The summed E-state index contributed by atoms with van der Waals surface area (Å²) in [4.78, 5) is 9.47. The third-order valence-electron chi connectivity index (χ3n) is 0.972. The van der Waals surface area contributed by atoms with Crippen LogP contribution < -0.4 is 22.7 Å². The van der Waals surface area contributed by atoms with Gasteiger partial charge in [0.1, 0.15) is 6.54 Å². The number of nitrogens with zero attached hydrogens (tertiary/aromatic N) is 1. The highest BCUT2D eigenvalue weighted by molar-refractivity contribution is 5.84. The summed E-state index contributed by atoms with van der Waals surface area (Å²) in [6, 6.07) is 0. The number of halogens is 1. The van der Waals surface area contributed by atoms with Gasteiger partial charge < -0.3 is 32.3 Å². The third-order valence-corrected chi connectivity index (χ3v) is 0.972. The zero-order chi connectivity index (χ0) is 10.2. The Morgan fingerprint density at radius 2 is 1.85 bits per heavy atom. The minimum absolute atomic E-state index is 0. The summed E-state index contributed by atoms with van der Waals surface area (Å²) in [7, 11) is 6.16. The van der Waals surface area contributed by atoms with Crippen molar-refractivity contribution in [1.29, 1.82) is 0 Å². The van der Waals surface area contributed by atoms with Crippen molar-refractivity contribution < 1.29 is 31.4 Å². The molecule has 0 fully saturated rings. The van der Waals surface area contributed by atoms with Gasteiger partial charge in [-0.3, -0.25) is 4.79 Å². The SMILES string of the molecule is C=CC(N)=O.C[N+](C)(C)CCO.[Br-]. The minimum atomic E-state index is -0.481. The maximum Gasteiger partial charge on any atom is 0.240 e. The number of aliphatic hydroxyl groups excluding tert-OH is 1. The molecule has 0 radical (unpaired) electrons. The van der Waals surface area contributed by atoms with Crippen molar-refractivity contribution in [1.82, 2.24) is 0 Å². The Labute approximate surface area is 90.4 Å². The second-order valence-electron chi connectivity index (χ2n) is 3.34. The molecule has 0 aliphatic heterocycles. The van der Waals surface area contributed by atoms with Gasteiger partial charge in [0.2, 0.25) is 5.91 Å². The molecule has 0 rings (SSSR count). The van der Waals surface area contributed by atoms with Gasteiger partial charge >= 0.3 is 0 Å². The highest BCUT2D eigenvalue weighted by Crippen LogP contribution is 1.84. The van der Waals surface area contributed by atoms with Gasteiger partial charge in [-0.1, -0.05) is 6.58 Å². The molecule has 0 heterocycles. The largest absolute Gasteiger partial charge is 1.00 e. The van der Waals surface area contributed by atoms with Crippen LogP contribution in [0.5, 0.6) is 0 Å². The van der Waals surface area contributed by atoms with E-state index in [9.17, 15) is 4.79 Å². The van der Waals surface area contributed by atoms with Crippen molar-refractivity contribution in [2.24, 2.45) is 5.73 Å². The Kier molecular flexibility index (Phi) is 13.7. The molecule has 0 aromatic rings. The summed E-state index contributed by atoms with van der Waals surface area (Å²) in [5.41, 5.74) is 4.53. The molecule has 0 aromatic carbocycles. The smallest absolute Gasteiger partial charge is 0.240 e. The molecule has 0 aliphatic carbocycles. The first-order valence-electron chi connectivity index (χ1n) is 3.66. The van der Waals surface area contributed by atoms with E-state index < -0.39 is 5.91 Å². The zero-order valence-electron chi connectivity index (χ0n) is 8.46. The van der Waals surface area contributed by atoms with Crippen LogP contribution in [0, 0.1) is 0 Å². The number of hydrogen-bond donors (Lipinski definition) is 2. The van der Waals surface area contributed by atoms with Crippen LogP contribution in [-0.2, 0) is 4.79 Å². The molecule has 0 spiro atoms. The van der Waals surface area contributed by atoms with Gasteiger partial charge in [0.25, 0.3) is 0 Å². The summed E-state index contributed by atoms with van der Waals surface area (Å²) in [5, 5.41) is 8.39. The normalized spacial score (nSPS) is 8.92. The molecule has 0 aliphatic rings. The monoisotopic (exact) mass is 254 g/mol. The van der Waals surface area contributed by atoms with Gasteiger partial charge in [-0.25, -0.2) is 0 Å². The van der Waals surface area contributed by atoms with Gasteiger partial charge in [-0.05, 0) is 6.08 Å². The van der Waals surface area contributed by atoms with Crippen LogP contribution in [0.15, 0.2) is 12.7 Å². The quantitative estimate of drug-likeness (QED) is 0.403. The number of likely N-dealkylation sites (N-methyl/N-ethyl adjacent to an activating group) is 1.